The van der Waals surface area contributed by atoms with Gasteiger partial charge in [-0.2, -0.15) is 5.10 Å². The molecule has 1 fully saturated rings. The van der Waals surface area contributed by atoms with E-state index in [0.717, 1.165) is 42.9 Å². The molecule has 1 aromatic carbocycles. The zero-order chi connectivity index (χ0) is 17.5. The fourth-order valence-corrected chi connectivity index (χ4v) is 3.01. The van der Waals surface area contributed by atoms with Crippen LogP contribution in [0.25, 0.3) is 0 Å². The second-order valence-corrected chi connectivity index (χ2v) is 6.30. The molecular weight excluding hydrogens is 340 g/mol. The molecule has 0 bridgehead atoms. The molecule has 2 unspecified atom stereocenters. The van der Waals surface area contributed by atoms with E-state index in [-0.39, 0.29) is 6.10 Å². The minimum atomic E-state index is -0.170. The molecule has 1 aliphatic rings. The monoisotopic (exact) mass is 360 g/mol. The van der Waals surface area contributed by atoms with Gasteiger partial charge in [0.2, 0.25) is 0 Å². The molecular formula is C18H21ClN4O2. The highest BCUT2D eigenvalue weighted by Gasteiger charge is 2.28. The van der Waals surface area contributed by atoms with Gasteiger partial charge in [0.15, 0.2) is 5.15 Å². The lowest BCUT2D eigenvalue weighted by molar-refractivity contribution is 0.111. The Labute approximate surface area is 152 Å². The van der Waals surface area contributed by atoms with E-state index >= 15 is 0 Å². The highest BCUT2D eigenvalue weighted by atomic mass is 35.5. The van der Waals surface area contributed by atoms with Crippen molar-refractivity contribution in [3.05, 3.63) is 52.8 Å². The molecule has 0 saturated carbocycles. The second kappa shape index (κ2) is 8.78. The molecule has 1 aromatic heterocycles. The fraction of sp³-hybridized carbons (Fsp3) is 0.389. The largest absolute Gasteiger partial charge is 0.484 e. The lowest BCUT2D eigenvalue weighted by atomic mass is 9.91. The lowest BCUT2D eigenvalue weighted by Crippen LogP contribution is -2.35. The quantitative estimate of drug-likeness (QED) is 0.632. The molecule has 132 valence electrons. The zero-order valence-corrected chi connectivity index (χ0v) is 14.8. The summed E-state index contributed by atoms with van der Waals surface area (Å²) in [5.74, 6) is 1.11. The lowest BCUT2D eigenvalue weighted by Gasteiger charge is -2.30. The van der Waals surface area contributed by atoms with Crippen LogP contribution in [0, 0.1) is 5.92 Å². The van der Waals surface area contributed by atoms with Crippen LogP contribution in [0.5, 0.6) is 5.75 Å². The number of hydrogen-bond acceptors (Lipinski definition) is 6. The summed E-state index contributed by atoms with van der Waals surface area (Å²) in [6.45, 7) is 1.94. The van der Waals surface area contributed by atoms with Crippen LogP contribution < -0.4 is 10.1 Å². The average Bonchev–Trinajstić information content (AvgIpc) is 2.67. The van der Waals surface area contributed by atoms with Crippen molar-refractivity contribution in [2.75, 3.05) is 20.2 Å². The maximum absolute atomic E-state index is 6.28. The minimum absolute atomic E-state index is 0.170. The van der Waals surface area contributed by atoms with Crippen molar-refractivity contribution in [2.45, 2.75) is 18.9 Å². The number of nitrogens with one attached hydrogen (secondary N) is 1. The van der Waals surface area contributed by atoms with E-state index < -0.39 is 0 Å². The summed E-state index contributed by atoms with van der Waals surface area (Å²) in [5.41, 5.74) is 1.74. The van der Waals surface area contributed by atoms with Crippen molar-refractivity contribution >= 4 is 17.8 Å². The van der Waals surface area contributed by atoms with E-state index in [9.17, 15) is 0 Å². The van der Waals surface area contributed by atoms with Crippen molar-refractivity contribution in [1.82, 2.24) is 15.5 Å². The Morgan fingerprint density at radius 1 is 1.24 bits per heavy atom. The highest BCUT2D eigenvalue weighted by molar-refractivity contribution is 6.29. The molecule has 0 aliphatic carbocycles. The fourth-order valence-electron chi connectivity index (χ4n) is 2.91. The van der Waals surface area contributed by atoms with Gasteiger partial charge in [0.25, 0.3) is 0 Å². The molecule has 0 spiro atoms. The first-order valence-corrected chi connectivity index (χ1v) is 8.67. The van der Waals surface area contributed by atoms with Gasteiger partial charge in [-0.15, -0.1) is 5.10 Å². The van der Waals surface area contributed by atoms with Crippen LogP contribution in [-0.4, -0.2) is 36.6 Å². The SMILES string of the molecule is CON=Cc1ccc(OC(c2ccc(Cl)nn2)C2CCCNC2)cc1. The van der Waals surface area contributed by atoms with Crippen molar-refractivity contribution in [3.8, 4) is 5.75 Å². The molecule has 2 aromatic rings. The third-order valence-corrected chi connectivity index (χ3v) is 4.36. The van der Waals surface area contributed by atoms with Crippen LogP contribution in [0.3, 0.4) is 0 Å². The van der Waals surface area contributed by atoms with Crippen molar-refractivity contribution < 1.29 is 9.57 Å². The van der Waals surface area contributed by atoms with Gasteiger partial charge in [-0.3, -0.25) is 0 Å². The first-order chi connectivity index (χ1) is 12.3. The van der Waals surface area contributed by atoms with E-state index in [1.54, 1.807) is 12.3 Å². The average molecular weight is 361 g/mol. The summed E-state index contributed by atoms with van der Waals surface area (Å²) >= 11 is 5.87. The molecule has 1 saturated heterocycles. The maximum Gasteiger partial charge on any atom is 0.151 e. The van der Waals surface area contributed by atoms with Crippen molar-refractivity contribution in [1.29, 1.82) is 0 Å². The van der Waals surface area contributed by atoms with Crippen molar-refractivity contribution in [2.24, 2.45) is 11.1 Å². The van der Waals surface area contributed by atoms with Gasteiger partial charge >= 0.3 is 0 Å². The third-order valence-electron chi connectivity index (χ3n) is 4.16. The van der Waals surface area contributed by atoms with E-state index in [1.807, 2.05) is 30.3 Å². The standard InChI is InChI=1S/C18H21ClN4O2/c1-24-21-11-13-4-6-15(7-5-13)25-18(14-3-2-10-20-12-14)16-8-9-17(19)23-22-16/h4-9,11,14,18,20H,2-3,10,12H2,1H3. The summed E-state index contributed by atoms with van der Waals surface area (Å²) in [4.78, 5) is 4.69. The minimum Gasteiger partial charge on any atom is -0.484 e. The first-order valence-electron chi connectivity index (χ1n) is 8.29. The predicted molar refractivity (Wildman–Crippen MR) is 97.0 cm³/mol. The Balaban J connectivity index is 1.79. The third kappa shape index (κ3) is 4.90. The summed E-state index contributed by atoms with van der Waals surface area (Å²) in [6, 6.07) is 11.3. The number of ether oxygens (including phenoxy) is 1. The molecule has 1 N–H and O–H groups in total. The number of piperidine rings is 1. The zero-order valence-electron chi connectivity index (χ0n) is 14.1. The van der Waals surface area contributed by atoms with Crippen LogP contribution in [0.1, 0.15) is 30.2 Å². The molecule has 0 radical (unpaired) electrons. The number of benzene rings is 1. The summed E-state index contributed by atoms with van der Waals surface area (Å²) in [7, 11) is 1.52. The molecule has 2 atom stereocenters. The van der Waals surface area contributed by atoms with Gasteiger partial charge in [0, 0.05) is 12.5 Å². The smallest absolute Gasteiger partial charge is 0.151 e. The van der Waals surface area contributed by atoms with Crippen LogP contribution >= 0.6 is 11.6 Å². The number of aromatic nitrogens is 2. The summed E-state index contributed by atoms with van der Waals surface area (Å²) in [6.07, 6.45) is 3.69. The second-order valence-electron chi connectivity index (χ2n) is 5.91. The Bertz CT molecular complexity index is 685. The van der Waals surface area contributed by atoms with Gasteiger partial charge < -0.3 is 14.9 Å². The highest BCUT2D eigenvalue weighted by Crippen LogP contribution is 2.31. The Morgan fingerprint density at radius 2 is 2.08 bits per heavy atom. The Morgan fingerprint density at radius 3 is 2.72 bits per heavy atom. The summed E-state index contributed by atoms with van der Waals surface area (Å²) < 4.78 is 6.28. The number of halogens is 1. The molecule has 25 heavy (non-hydrogen) atoms. The van der Waals surface area contributed by atoms with Crippen LogP contribution in [-0.2, 0) is 4.84 Å². The summed E-state index contributed by atoms with van der Waals surface area (Å²) in [5, 5.41) is 15.8. The topological polar surface area (TPSA) is 68.6 Å². The normalized spacial score (nSPS) is 18.9. The molecule has 0 amide bonds. The van der Waals surface area contributed by atoms with Gasteiger partial charge in [-0.1, -0.05) is 16.8 Å². The van der Waals surface area contributed by atoms with Gasteiger partial charge in [-0.25, -0.2) is 0 Å². The van der Waals surface area contributed by atoms with Crippen LogP contribution in [0.2, 0.25) is 5.15 Å². The molecule has 7 heteroatoms. The van der Waals surface area contributed by atoms with Gasteiger partial charge in [0.05, 0.1) is 6.21 Å². The van der Waals surface area contributed by atoms with E-state index in [1.165, 1.54) is 7.11 Å². The molecule has 6 nitrogen and oxygen atoms in total. The van der Waals surface area contributed by atoms with Gasteiger partial charge in [0.1, 0.15) is 24.7 Å². The van der Waals surface area contributed by atoms with Crippen molar-refractivity contribution in [3.63, 3.8) is 0 Å². The van der Waals surface area contributed by atoms with Crippen LogP contribution in [0.4, 0.5) is 0 Å². The number of hydrogen-bond donors (Lipinski definition) is 1. The maximum atomic E-state index is 6.28. The van der Waals surface area contributed by atoms with Crippen LogP contribution in [0.15, 0.2) is 41.6 Å². The van der Waals surface area contributed by atoms with E-state index in [0.29, 0.717) is 11.1 Å². The van der Waals surface area contributed by atoms with E-state index in [2.05, 4.69) is 20.7 Å². The van der Waals surface area contributed by atoms with E-state index in [4.69, 9.17) is 21.2 Å². The number of rotatable bonds is 6. The number of nitrogens with zero attached hydrogens (tertiary/aromatic N) is 3. The molecule has 1 aliphatic heterocycles. The molecule has 2 heterocycles. The predicted octanol–water partition coefficient (Wildman–Crippen LogP) is 3.23. The first kappa shape index (κ1) is 17.6. The Hall–Kier alpha value is -2.18. The number of oxime groups is 1. The Kier molecular flexibility index (Phi) is 6.19. The van der Waals surface area contributed by atoms with Gasteiger partial charge in [-0.05, 0) is 61.3 Å². The molecule has 3 rings (SSSR count).